The molecule has 0 aliphatic carbocycles. The van der Waals surface area contributed by atoms with E-state index < -0.39 is 0 Å². The number of nitrogens with one attached hydrogen (secondary N) is 2. The van der Waals surface area contributed by atoms with Crippen LogP contribution in [-0.4, -0.2) is 27.0 Å². The van der Waals surface area contributed by atoms with Gasteiger partial charge in [0, 0.05) is 25.4 Å². The average Bonchev–Trinajstić information content (AvgIpc) is 3.25. The lowest BCUT2D eigenvalue weighted by Gasteiger charge is -2.20. The number of para-hydroxylation sites is 2. The summed E-state index contributed by atoms with van der Waals surface area (Å²) in [7, 11) is 0. The van der Waals surface area contributed by atoms with Gasteiger partial charge in [-0.2, -0.15) is 0 Å². The highest BCUT2D eigenvalue weighted by Crippen LogP contribution is 2.18. The number of H-pyrrole nitrogens is 1. The molecule has 3 aromatic rings. The molecule has 0 aliphatic rings. The summed E-state index contributed by atoms with van der Waals surface area (Å²) in [5.41, 5.74) is 2.05. The Morgan fingerprint density at radius 3 is 2.68 bits per heavy atom. The summed E-state index contributed by atoms with van der Waals surface area (Å²) in [5.74, 6) is 1.53. The minimum absolute atomic E-state index is 0.0921. The molecule has 2 N–H and O–H groups in total. The van der Waals surface area contributed by atoms with Crippen molar-refractivity contribution < 1.29 is 4.79 Å². The van der Waals surface area contributed by atoms with E-state index in [2.05, 4.69) is 29.1 Å². The number of carbonyl (C=O) groups excluding carboxylic acids is 1. The van der Waals surface area contributed by atoms with Gasteiger partial charge in [0.2, 0.25) is 5.91 Å². The van der Waals surface area contributed by atoms with Crippen LogP contribution in [0.1, 0.15) is 38.6 Å². The number of aryl methyl sites for hydroxylation is 1. The minimum atomic E-state index is -0.138. The molecule has 5 nitrogen and oxygen atoms in total. The quantitative estimate of drug-likeness (QED) is 0.615. The number of aromatic amines is 1. The number of rotatable bonds is 8. The zero-order valence-electron chi connectivity index (χ0n) is 14.9. The monoisotopic (exact) mass is 338 g/mol. The van der Waals surface area contributed by atoms with Crippen molar-refractivity contribution >= 4 is 16.9 Å². The number of amides is 1. The molecule has 1 atom stereocenters. The van der Waals surface area contributed by atoms with Crippen molar-refractivity contribution in [3.8, 4) is 0 Å². The van der Waals surface area contributed by atoms with Crippen LogP contribution in [0.2, 0.25) is 0 Å². The van der Waals surface area contributed by atoms with Crippen molar-refractivity contribution in [1.82, 2.24) is 19.9 Å². The fourth-order valence-corrected chi connectivity index (χ4v) is 3.08. The Morgan fingerprint density at radius 1 is 1.20 bits per heavy atom. The van der Waals surface area contributed by atoms with Crippen LogP contribution in [0.5, 0.6) is 0 Å². The average molecular weight is 338 g/mol. The molecule has 5 heteroatoms. The number of carbonyl (C=O) groups is 1. The van der Waals surface area contributed by atoms with Gasteiger partial charge in [-0.3, -0.25) is 4.79 Å². The Labute approximate surface area is 148 Å². The van der Waals surface area contributed by atoms with E-state index in [9.17, 15) is 4.79 Å². The van der Waals surface area contributed by atoms with Gasteiger partial charge in [-0.25, -0.2) is 4.98 Å². The van der Waals surface area contributed by atoms with Crippen LogP contribution in [0.25, 0.3) is 11.0 Å². The van der Waals surface area contributed by atoms with E-state index in [4.69, 9.17) is 0 Å². The predicted octanol–water partition coefficient (Wildman–Crippen LogP) is 3.70. The number of hydrogen-bond acceptors (Lipinski definition) is 2. The molecule has 3 rings (SSSR count). The molecule has 0 unspecified atom stereocenters. The molecule has 0 aliphatic heterocycles. The van der Waals surface area contributed by atoms with Gasteiger partial charge in [0.05, 0.1) is 11.0 Å². The Balaban J connectivity index is 1.50. The molecule has 1 aromatic carbocycles. The molecule has 0 spiro atoms. The molecular weight excluding hydrogens is 312 g/mol. The van der Waals surface area contributed by atoms with Gasteiger partial charge < -0.3 is 14.9 Å². The van der Waals surface area contributed by atoms with Crippen molar-refractivity contribution in [2.75, 3.05) is 6.54 Å². The largest absolute Gasteiger partial charge is 0.354 e. The first kappa shape index (κ1) is 17.3. The number of imidazole rings is 1. The van der Waals surface area contributed by atoms with E-state index in [1.54, 1.807) is 0 Å². The molecule has 2 aromatic heterocycles. The van der Waals surface area contributed by atoms with Crippen LogP contribution in [0.4, 0.5) is 0 Å². The summed E-state index contributed by atoms with van der Waals surface area (Å²) in [6.07, 6.45) is 6.45. The molecule has 0 radical (unpaired) electrons. The van der Waals surface area contributed by atoms with Gasteiger partial charge in [-0.1, -0.05) is 26.0 Å². The molecular formula is C20H26N4O. The first-order valence-corrected chi connectivity index (χ1v) is 8.97. The third-order valence-electron chi connectivity index (χ3n) is 4.31. The van der Waals surface area contributed by atoms with Crippen molar-refractivity contribution in [3.05, 3.63) is 54.6 Å². The minimum Gasteiger partial charge on any atom is -0.354 e. The molecule has 0 saturated carbocycles. The van der Waals surface area contributed by atoms with Crippen LogP contribution in [0, 0.1) is 5.92 Å². The van der Waals surface area contributed by atoms with E-state index in [-0.39, 0.29) is 11.9 Å². The van der Waals surface area contributed by atoms with Gasteiger partial charge in [-0.05, 0) is 43.0 Å². The maximum atomic E-state index is 12.6. The summed E-state index contributed by atoms with van der Waals surface area (Å²) in [4.78, 5) is 20.5. The zero-order chi connectivity index (χ0) is 17.6. The first-order chi connectivity index (χ1) is 12.1. The highest BCUT2D eigenvalue weighted by atomic mass is 16.2. The normalized spacial score (nSPS) is 12.6. The van der Waals surface area contributed by atoms with E-state index >= 15 is 0 Å². The van der Waals surface area contributed by atoms with E-state index in [1.165, 1.54) is 0 Å². The molecule has 0 saturated heterocycles. The highest BCUT2D eigenvalue weighted by molar-refractivity contribution is 5.80. The first-order valence-electron chi connectivity index (χ1n) is 8.97. The second-order valence-corrected chi connectivity index (χ2v) is 6.87. The topological polar surface area (TPSA) is 62.7 Å². The number of fused-ring (bicyclic) bond motifs is 1. The van der Waals surface area contributed by atoms with Crippen molar-refractivity contribution in [1.29, 1.82) is 0 Å². The second kappa shape index (κ2) is 8.01. The molecule has 132 valence electrons. The maximum Gasteiger partial charge on any atom is 0.243 e. The lowest BCUT2D eigenvalue weighted by molar-refractivity contribution is -0.124. The fraction of sp³-hybridized carbons (Fsp3) is 0.400. The zero-order valence-corrected chi connectivity index (χ0v) is 14.9. The summed E-state index contributed by atoms with van der Waals surface area (Å²) in [6, 6.07) is 11.8. The van der Waals surface area contributed by atoms with Gasteiger partial charge in [-0.15, -0.1) is 0 Å². The van der Waals surface area contributed by atoms with Gasteiger partial charge in [0.1, 0.15) is 11.9 Å². The van der Waals surface area contributed by atoms with Gasteiger partial charge >= 0.3 is 0 Å². The molecule has 25 heavy (non-hydrogen) atoms. The number of aromatic nitrogens is 3. The van der Waals surface area contributed by atoms with Crippen LogP contribution < -0.4 is 5.32 Å². The van der Waals surface area contributed by atoms with Crippen LogP contribution in [0.15, 0.2) is 48.8 Å². The molecule has 2 heterocycles. The molecule has 0 fully saturated rings. The highest BCUT2D eigenvalue weighted by Gasteiger charge is 2.20. The molecule has 1 amide bonds. The Morgan fingerprint density at radius 2 is 1.96 bits per heavy atom. The maximum absolute atomic E-state index is 12.6. The summed E-state index contributed by atoms with van der Waals surface area (Å²) >= 11 is 0. The van der Waals surface area contributed by atoms with Crippen molar-refractivity contribution in [2.24, 2.45) is 5.92 Å². The Bertz CT molecular complexity index is 771. The van der Waals surface area contributed by atoms with Crippen LogP contribution in [-0.2, 0) is 11.2 Å². The lowest BCUT2D eigenvalue weighted by Crippen LogP contribution is -2.33. The lowest BCUT2D eigenvalue weighted by atomic mass is 10.0. The van der Waals surface area contributed by atoms with E-state index in [1.807, 2.05) is 53.4 Å². The summed E-state index contributed by atoms with van der Waals surface area (Å²) in [5, 5.41) is 3.08. The van der Waals surface area contributed by atoms with E-state index in [0.29, 0.717) is 12.5 Å². The Hall–Kier alpha value is -2.56. The van der Waals surface area contributed by atoms with E-state index in [0.717, 1.165) is 36.1 Å². The van der Waals surface area contributed by atoms with Crippen molar-refractivity contribution in [3.63, 3.8) is 0 Å². The smallest absolute Gasteiger partial charge is 0.243 e. The van der Waals surface area contributed by atoms with Crippen LogP contribution >= 0.6 is 0 Å². The fourth-order valence-electron chi connectivity index (χ4n) is 3.08. The van der Waals surface area contributed by atoms with Gasteiger partial charge in [0.15, 0.2) is 0 Å². The SMILES string of the molecule is CC(C)C[C@@H](C(=O)NCCCc1nc2ccccc2[nH]1)n1cccc1. The van der Waals surface area contributed by atoms with Crippen molar-refractivity contribution in [2.45, 2.75) is 39.2 Å². The summed E-state index contributed by atoms with van der Waals surface area (Å²) < 4.78 is 1.99. The number of benzene rings is 1. The summed E-state index contributed by atoms with van der Waals surface area (Å²) in [6.45, 7) is 4.95. The second-order valence-electron chi connectivity index (χ2n) is 6.87. The standard InChI is InChI=1S/C20H26N4O/c1-15(2)14-18(24-12-5-6-13-24)20(25)21-11-7-10-19-22-16-8-3-4-9-17(16)23-19/h3-6,8-9,12-13,15,18H,7,10-11,14H2,1-2H3,(H,21,25)(H,22,23)/t18-/m0/s1. The molecule has 0 bridgehead atoms. The van der Waals surface area contributed by atoms with Crippen LogP contribution in [0.3, 0.4) is 0 Å². The Kier molecular flexibility index (Phi) is 5.53. The number of nitrogens with zero attached hydrogens (tertiary/aromatic N) is 2. The third kappa shape index (κ3) is 4.50. The van der Waals surface area contributed by atoms with Gasteiger partial charge in [0.25, 0.3) is 0 Å². The third-order valence-corrected chi connectivity index (χ3v) is 4.31. The number of hydrogen-bond donors (Lipinski definition) is 2. The predicted molar refractivity (Wildman–Crippen MR) is 100 cm³/mol.